The summed E-state index contributed by atoms with van der Waals surface area (Å²) in [6, 6.07) is 5.50. The second kappa shape index (κ2) is 5.90. The van der Waals surface area contributed by atoms with Crippen molar-refractivity contribution in [3.63, 3.8) is 0 Å². The van der Waals surface area contributed by atoms with Gasteiger partial charge in [0.05, 0.1) is 18.3 Å². The summed E-state index contributed by atoms with van der Waals surface area (Å²) in [5.41, 5.74) is 0.849. The number of ether oxygens (including phenoxy) is 1. The predicted molar refractivity (Wildman–Crippen MR) is 67.2 cm³/mol. The van der Waals surface area contributed by atoms with E-state index in [0.717, 1.165) is 5.69 Å². The Kier molecular flexibility index (Phi) is 4.01. The Hall–Kier alpha value is -2.24. The first-order valence-corrected chi connectivity index (χ1v) is 5.73. The van der Waals surface area contributed by atoms with Crippen LogP contribution in [0, 0.1) is 0 Å². The molecule has 0 bridgehead atoms. The molecule has 0 aliphatic carbocycles. The highest BCUT2D eigenvalue weighted by atomic mass is 16.5. The molecule has 0 saturated heterocycles. The van der Waals surface area contributed by atoms with Crippen LogP contribution < -0.4 is 10.1 Å². The van der Waals surface area contributed by atoms with E-state index < -0.39 is 0 Å². The maximum atomic E-state index is 5.49. The number of aromatic nitrogens is 4. The largest absolute Gasteiger partial charge is 0.475 e. The Morgan fingerprint density at radius 2 is 2.22 bits per heavy atom. The fraction of sp³-hybridized carbons (Fsp3) is 0.333. The lowest BCUT2D eigenvalue weighted by molar-refractivity contribution is 0.232. The van der Waals surface area contributed by atoms with Crippen molar-refractivity contribution in [2.24, 2.45) is 0 Å². The van der Waals surface area contributed by atoms with Crippen LogP contribution in [-0.2, 0) is 6.54 Å². The van der Waals surface area contributed by atoms with Gasteiger partial charge in [-0.15, -0.1) is 0 Å². The highest BCUT2D eigenvalue weighted by Gasteiger charge is 2.02. The number of nitrogens with one attached hydrogen (secondary N) is 1. The van der Waals surface area contributed by atoms with Crippen LogP contribution in [0.25, 0.3) is 0 Å². The van der Waals surface area contributed by atoms with E-state index in [1.54, 1.807) is 12.3 Å². The average molecular weight is 245 g/mol. The molecule has 0 unspecified atom stereocenters. The Bertz CT molecular complexity index is 489. The normalized spacial score (nSPS) is 10.4. The van der Waals surface area contributed by atoms with E-state index in [0.29, 0.717) is 18.2 Å². The van der Waals surface area contributed by atoms with Crippen LogP contribution in [0.2, 0.25) is 0 Å². The van der Waals surface area contributed by atoms with Crippen molar-refractivity contribution < 1.29 is 4.74 Å². The minimum absolute atomic E-state index is 0.0905. The quantitative estimate of drug-likeness (QED) is 0.863. The van der Waals surface area contributed by atoms with E-state index >= 15 is 0 Å². The Morgan fingerprint density at radius 1 is 1.33 bits per heavy atom. The molecule has 0 spiro atoms. The van der Waals surface area contributed by atoms with Crippen molar-refractivity contribution in [2.45, 2.75) is 26.5 Å². The highest BCUT2D eigenvalue weighted by Crippen LogP contribution is 2.12. The van der Waals surface area contributed by atoms with Gasteiger partial charge in [-0.25, -0.2) is 9.97 Å². The first-order chi connectivity index (χ1) is 8.74. The molecule has 0 aliphatic heterocycles. The molecular formula is C12H15N5O. The molecule has 6 heteroatoms. The van der Waals surface area contributed by atoms with Gasteiger partial charge in [-0.2, -0.15) is 10.2 Å². The van der Waals surface area contributed by atoms with Gasteiger partial charge in [-0.3, -0.25) is 0 Å². The number of hydrogen-bond acceptors (Lipinski definition) is 6. The van der Waals surface area contributed by atoms with Crippen LogP contribution >= 0.6 is 0 Å². The average Bonchev–Trinajstić information content (AvgIpc) is 2.37. The first-order valence-electron chi connectivity index (χ1n) is 5.73. The van der Waals surface area contributed by atoms with Crippen molar-refractivity contribution in [3.05, 3.63) is 36.4 Å². The van der Waals surface area contributed by atoms with Crippen LogP contribution in [0.4, 0.5) is 5.82 Å². The summed E-state index contributed by atoms with van der Waals surface area (Å²) in [6.45, 7) is 4.47. The van der Waals surface area contributed by atoms with Gasteiger partial charge in [0.25, 0.3) is 0 Å². The van der Waals surface area contributed by atoms with Gasteiger partial charge >= 0.3 is 0 Å². The number of rotatable bonds is 5. The van der Waals surface area contributed by atoms with E-state index in [1.165, 1.54) is 6.33 Å². The number of anilines is 1. The Balaban J connectivity index is 1.97. The molecule has 0 atom stereocenters. The predicted octanol–water partition coefficient (Wildman–Crippen LogP) is 1.67. The second-order valence-corrected chi connectivity index (χ2v) is 3.98. The molecular weight excluding hydrogens is 230 g/mol. The van der Waals surface area contributed by atoms with Crippen LogP contribution in [-0.4, -0.2) is 26.3 Å². The summed E-state index contributed by atoms with van der Waals surface area (Å²) in [7, 11) is 0. The maximum absolute atomic E-state index is 5.49. The zero-order valence-corrected chi connectivity index (χ0v) is 10.4. The molecule has 0 aromatic carbocycles. The lowest BCUT2D eigenvalue weighted by atomic mass is 10.4. The molecule has 6 nitrogen and oxygen atoms in total. The molecule has 2 aromatic rings. The number of hydrogen-bond donors (Lipinski definition) is 1. The fourth-order valence-electron chi connectivity index (χ4n) is 1.35. The Labute approximate surface area is 105 Å². The minimum Gasteiger partial charge on any atom is -0.475 e. The third kappa shape index (κ3) is 3.65. The van der Waals surface area contributed by atoms with E-state index in [9.17, 15) is 0 Å². The topological polar surface area (TPSA) is 72.8 Å². The molecule has 2 heterocycles. The first kappa shape index (κ1) is 12.2. The van der Waals surface area contributed by atoms with Crippen molar-refractivity contribution in [1.29, 1.82) is 0 Å². The van der Waals surface area contributed by atoms with Gasteiger partial charge in [0.1, 0.15) is 12.1 Å². The number of nitrogens with zero attached hydrogens (tertiary/aromatic N) is 4. The molecule has 0 radical (unpaired) electrons. The zero-order valence-electron chi connectivity index (χ0n) is 10.4. The molecule has 2 rings (SSSR count). The van der Waals surface area contributed by atoms with Gasteiger partial charge in [0, 0.05) is 12.3 Å². The van der Waals surface area contributed by atoms with Crippen molar-refractivity contribution in [2.75, 3.05) is 5.32 Å². The second-order valence-electron chi connectivity index (χ2n) is 3.98. The van der Waals surface area contributed by atoms with Gasteiger partial charge in [0.2, 0.25) is 5.88 Å². The molecule has 94 valence electrons. The molecule has 0 aliphatic rings. The van der Waals surface area contributed by atoms with Crippen molar-refractivity contribution >= 4 is 5.82 Å². The monoisotopic (exact) mass is 245 g/mol. The lowest BCUT2D eigenvalue weighted by Crippen LogP contribution is -2.08. The smallest absolute Gasteiger partial charge is 0.218 e. The molecule has 18 heavy (non-hydrogen) atoms. The minimum atomic E-state index is 0.0905. The summed E-state index contributed by atoms with van der Waals surface area (Å²) in [5.74, 6) is 1.26. The third-order valence-electron chi connectivity index (χ3n) is 2.08. The lowest BCUT2D eigenvalue weighted by Gasteiger charge is -2.09. The molecule has 0 amide bonds. The molecule has 2 aromatic heterocycles. The van der Waals surface area contributed by atoms with E-state index in [-0.39, 0.29) is 6.10 Å². The van der Waals surface area contributed by atoms with Crippen LogP contribution in [0.1, 0.15) is 19.5 Å². The Morgan fingerprint density at radius 3 is 2.94 bits per heavy atom. The van der Waals surface area contributed by atoms with Crippen molar-refractivity contribution in [3.8, 4) is 5.88 Å². The molecule has 0 fully saturated rings. The maximum Gasteiger partial charge on any atom is 0.218 e. The molecule has 1 N–H and O–H groups in total. The summed E-state index contributed by atoms with van der Waals surface area (Å²) in [6.07, 6.45) is 3.20. The third-order valence-corrected chi connectivity index (χ3v) is 2.08. The van der Waals surface area contributed by atoms with Crippen LogP contribution in [0.5, 0.6) is 5.88 Å². The van der Waals surface area contributed by atoms with Gasteiger partial charge in [-0.05, 0) is 26.0 Å². The van der Waals surface area contributed by atoms with E-state index in [2.05, 4.69) is 25.5 Å². The summed E-state index contributed by atoms with van der Waals surface area (Å²) >= 11 is 0. The SMILES string of the molecule is CC(C)Oc1cc(NCc2cccnn2)ncn1. The fourth-order valence-corrected chi connectivity index (χ4v) is 1.35. The van der Waals surface area contributed by atoms with Crippen LogP contribution in [0.15, 0.2) is 30.7 Å². The summed E-state index contributed by atoms with van der Waals surface area (Å²) in [4.78, 5) is 8.14. The summed E-state index contributed by atoms with van der Waals surface area (Å²) < 4.78 is 5.49. The highest BCUT2D eigenvalue weighted by molar-refractivity contribution is 5.37. The van der Waals surface area contributed by atoms with Gasteiger partial charge in [0.15, 0.2) is 0 Å². The summed E-state index contributed by atoms with van der Waals surface area (Å²) in [5, 5.41) is 10.9. The standard InChI is InChI=1S/C12H15N5O/c1-9(2)18-12-6-11(14-8-15-12)13-7-10-4-3-5-16-17-10/h3-6,8-9H,7H2,1-2H3,(H,13,14,15). The van der Waals surface area contributed by atoms with E-state index in [1.807, 2.05) is 26.0 Å². The zero-order chi connectivity index (χ0) is 12.8. The molecule has 0 saturated carbocycles. The van der Waals surface area contributed by atoms with Crippen molar-refractivity contribution in [1.82, 2.24) is 20.2 Å². The van der Waals surface area contributed by atoms with Gasteiger partial charge in [-0.1, -0.05) is 0 Å². The van der Waals surface area contributed by atoms with Gasteiger partial charge < -0.3 is 10.1 Å². The van der Waals surface area contributed by atoms with E-state index in [4.69, 9.17) is 4.74 Å². The van der Waals surface area contributed by atoms with Crippen LogP contribution in [0.3, 0.4) is 0 Å².